The van der Waals surface area contributed by atoms with Crippen LogP contribution in [0.15, 0.2) is 34.3 Å². The molecule has 12 heteroatoms. The molecule has 1 aromatic heterocycles. The highest BCUT2D eigenvalue weighted by Crippen LogP contribution is 2.46. The van der Waals surface area contributed by atoms with Crippen molar-refractivity contribution in [2.45, 2.75) is 77.1 Å². The highest BCUT2D eigenvalue weighted by atomic mass is 19.1. The van der Waals surface area contributed by atoms with Gasteiger partial charge in [-0.2, -0.15) is 0 Å². The van der Waals surface area contributed by atoms with Crippen LogP contribution in [0.3, 0.4) is 0 Å². The molecule has 10 nitrogen and oxygen atoms in total. The number of halogens is 2. The second kappa shape index (κ2) is 10.5. The lowest BCUT2D eigenvalue weighted by atomic mass is 9.84. The van der Waals surface area contributed by atoms with Gasteiger partial charge in [0, 0.05) is 49.8 Å². The van der Waals surface area contributed by atoms with Crippen LogP contribution in [0.2, 0.25) is 0 Å². The zero-order valence-corrected chi connectivity index (χ0v) is 22.5. The number of ether oxygens (including phenoxy) is 1. The van der Waals surface area contributed by atoms with Crippen molar-refractivity contribution < 1.29 is 32.7 Å². The van der Waals surface area contributed by atoms with E-state index >= 15 is 0 Å². The Morgan fingerprint density at radius 2 is 2.05 bits per heavy atom. The van der Waals surface area contributed by atoms with E-state index in [2.05, 4.69) is 10.5 Å². The van der Waals surface area contributed by atoms with Crippen molar-refractivity contribution >= 4 is 23.5 Å². The maximum atomic E-state index is 14.2. The largest absolute Gasteiger partial charge is 0.420 e. The van der Waals surface area contributed by atoms with Crippen LogP contribution >= 0.6 is 0 Å². The lowest BCUT2D eigenvalue weighted by Gasteiger charge is -2.42. The predicted molar refractivity (Wildman–Crippen MR) is 139 cm³/mol. The molecular formula is C28H30F2N4O6. The molecule has 5 rings (SSSR count). The standard InChI is InChI=1S/C28H30F2N4O6/c1-4-5-22(35)39-25-23-27(38)33-14-21(28(9-8-16(33)3)11-15(2)32-40-28)34(23)13-19(24(25)36)26(37)31-12-17-6-7-18(29)10-20(17)30/h6-7,10,13,16,21H,4-5,8-9,11-12,14H2,1-3H3,(H,31,37)/t16-,21+,28-/m0/s1. The molecule has 1 fully saturated rings. The third kappa shape index (κ3) is 4.75. The molecule has 2 aromatic rings. The summed E-state index contributed by atoms with van der Waals surface area (Å²) < 4.78 is 34.5. The van der Waals surface area contributed by atoms with Gasteiger partial charge in [0.05, 0.1) is 11.8 Å². The fourth-order valence-electron chi connectivity index (χ4n) is 5.67. The first kappa shape index (κ1) is 27.5. The predicted octanol–water partition coefficient (Wildman–Crippen LogP) is 3.48. The molecule has 3 aliphatic heterocycles. The number of amides is 2. The summed E-state index contributed by atoms with van der Waals surface area (Å²) in [5.41, 5.74) is -1.52. The van der Waals surface area contributed by atoms with Crippen molar-refractivity contribution in [3.63, 3.8) is 0 Å². The fourth-order valence-corrected chi connectivity index (χ4v) is 5.67. The molecule has 1 saturated heterocycles. The van der Waals surface area contributed by atoms with E-state index in [1.807, 2.05) is 13.8 Å². The molecule has 3 atom stereocenters. The van der Waals surface area contributed by atoms with E-state index in [9.17, 15) is 28.0 Å². The summed E-state index contributed by atoms with van der Waals surface area (Å²) in [7, 11) is 0. The van der Waals surface area contributed by atoms with Crippen molar-refractivity contribution in [3.8, 4) is 5.75 Å². The number of hydrogen-bond acceptors (Lipinski definition) is 7. The fraction of sp³-hybridized carbons (Fsp3) is 0.464. The number of carbonyl (C=O) groups is 3. The van der Waals surface area contributed by atoms with Crippen LogP contribution in [0, 0.1) is 11.6 Å². The Morgan fingerprint density at radius 1 is 1.27 bits per heavy atom. The molecule has 1 N–H and O–H groups in total. The SMILES string of the molecule is CCCC(=O)Oc1c2n(cc(C(=O)NCc3ccc(F)cc3F)c1=O)[C@@H]1CN(C2=O)[C@@H](C)CC[C@]12CC(C)=NO2. The lowest BCUT2D eigenvalue weighted by Crippen LogP contribution is -2.52. The Morgan fingerprint density at radius 3 is 2.73 bits per heavy atom. The summed E-state index contributed by atoms with van der Waals surface area (Å²) in [4.78, 5) is 60.9. The van der Waals surface area contributed by atoms with Gasteiger partial charge in [0.1, 0.15) is 17.2 Å². The van der Waals surface area contributed by atoms with Crippen molar-refractivity contribution in [2.24, 2.45) is 5.16 Å². The molecule has 2 amide bonds. The van der Waals surface area contributed by atoms with Crippen molar-refractivity contribution in [3.05, 3.63) is 63.1 Å². The summed E-state index contributed by atoms with van der Waals surface area (Å²) in [6.45, 7) is 5.42. The molecule has 4 heterocycles. The van der Waals surface area contributed by atoms with E-state index in [4.69, 9.17) is 9.57 Å². The molecule has 40 heavy (non-hydrogen) atoms. The number of fused-ring (bicyclic) bond motifs is 5. The van der Waals surface area contributed by atoms with Gasteiger partial charge in [0.15, 0.2) is 11.3 Å². The number of aromatic nitrogens is 1. The average Bonchev–Trinajstić information content (AvgIpc) is 3.23. The molecular weight excluding hydrogens is 526 g/mol. The number of benzene rings is 1. The maximum Gasteiger partial charge on any atom is 0.311 e. The van der Waals surface area contributed by atoms with Crippen molar-refractivity contribution in [2.75, 3.05) is 6.54 Å². The molecule has 0 aliphatic carbocycles. The Hall–Kier alpha value is -4.09. The molecule has 0 radical (unpaired) electrons. The molecule has 2 bridgehead atoms. The van der Waals surface area contributed by atoms with Crippen LogP contribution in [0.25, 0.3) is 0 Å². The molecule has 1 aromatic carbocycles. The number of oxime groups is 1. The van der Waals surface area contributed by atoms with Crippen LogP contribution in [0.4, 0.5) is 8.78 Å². The van der Waals surface area contributed by atoms with Gasteiger partial charge >= 0.3 is 5.97 Å². The first-order chi connectivity index (χ1) is 19.0. The zero-order valence-electron chi connectivity index (χ0n) is 22.5. The molecule has 0 unspecified atom stereocenters. The molecule has 1 spiro atoms. The summed E-state index contributed by atoms with van der Waals surface area (Å²) >= 11 is 0. The first-order valence-corrected chi connectivity index (χ1v) is 13.3. The minimum Gasteiger partial charge on any atom is -0.420 e. The van der Waals surface area contributed by atoms with Gasteiger partial charge in [0.25, 0.3) is 11.8 Å². The lowest BCUT2D eigenvalue weighted by molar-refractivity contribution is -0.134. The van der Waals surface area contributed by atoms with Crippen LogP contribution in [0.5, 0.6) is 5.75 Å². The summed E-state index contributed by atoms with van der Waals surface area (Å²) in [5, 5.41) is 6.66. The van der Waals surface area contributed by atoms with E-state index in [1.165, 1.54) is 16.8 Å². The Bertz CT molecular complexity index is 1490. The average molecular weight is 557 g/mol. The van der Waals surface area contributed by atoms with E-state index in [1.54, 1.807) is 11.8 Å². The maximum absolute atomic E-state index is 14.2. The van der Waals surface area contributed by atoms with E-state index in [0.717, 1.165) is 11.8 Å². The Balaban J connectivity index is 1.62. The van der Waals surface area contributed by atoms with Crippen LogP contribution in [0.1, 0.15) is 85.3 Å². The number of pyridine rings is 1. The van der Waals surface area contributed by atoms with Gasteiger partial charge in [-0.1, -0.05) is 18.1 Å². The summed E-state index contributed by atoms with van der Waals surface area (Å²) in [6, 6.07) is 2.20. The van der Waals surface area contributed by atoms with Crippen LogP contribution in [-0.2, 0) is 16.2 Å². The number of esters is 1. The number of hydrogen-bond donors (Lipinski definition) is 1. The highest BCUT2D eigenvalue weighted by Gasteiger charge is 2.54. The smallest absolute Gasteiger partial charge is 0.311 e. The van der Waals surface area contributed by atoms with Crippen LogP contribution < -0.4 is 15.5 Å². The minimum absolute atomic E-state index is 0.00301. The summed E-state index contributed by atoms with van der Waals surface area (Å²) in [6.07, 6.45) is 3.38. The van der Waals surface area contributed by atoms with E-state index < -0.39 is 57.8 Å². The molecule has 212 valence electrons. The normalized spacial score (nSPS) is 23.3. The third-order valence-corrected chi connectivity index (χ3v) is 7.79. The number of carbonyl (C=O) groups excluding carboxylic acids is 3. The molecule has 0 saturated carbocycles. The van der Waals surface area contributed by atoms with Crippen molar-refractivity contribution in [1.29, 1.82) is 0 Å². The van der Waals surface area contributed by atoms with E-state index in [0.29, 0.717) is 31.7 Å². The number of rotatable bonds is 6. The zero-order chi connectivity index (χ0) is 28.8. The molecule has 3 aliphatic rings. The quantitative estimate of drug-likeness (QED) is 0.545. The first-order valence-electron chi connectivity index (χ1n) is 13.3. The number of nitrogens with zero attached hydrogens (tertiary/aromatic N) is 3. The minimum atomic E-state index is -0.942. The van der Waals surface area contributed by atoms with Crippen molar-refractivity contribution in [1.82, 2.24) is 14.8 Å². The van der Waals surface area contributed by atoms with Gasteiger partial charge < -0.3 is 24.4 Å². The summed E-state index contributed by atoms with van der Waals surface area (Å²) in [5.74, 6) is -4.23. The van der Waals surface area contributed by atoms with Gasteiger partial charge in [0.2, 0.25) is 11.2 Å². The van der Waals surface area contributed by atoms with Crippen LogP contribution in [-0.4, -0.2) is 51.2 Å². The highest BCUT2D eigenvalue weighted by molar-refractivity contribution is 6.00. The van der Waals surface area contributed by atoms with Gasteiger partial charge in [-0.15, -0.1) is 0 Å². The third-order valence-electron chi connectivity index (χ3n) is 7.79. The van der Waals surface area contributed by atoms with Gasteiger partial charge in [-0.05, 0) is 39.2 Å². The monoisotopic (exact) mass is 556 g/mol. The second-order valence-electron chi connectivity index (χ2n) is 10.6. The Kier molecular flexibility index (Phi) is 7.19. The Labute approximate surface area is 228 Å². The number of nitrogens with one attached hydrogen (secondary N) is 1. The van der Waals surface area contributed by atoms with Gasteiger partial charge in [-0.3, -0.25) is 19.2 Å². The van der Waals surface area contributed by atoms with Gasteiger partial charge in [-0.25, -0.2) is 8.78 Å². The van der Waals surface area contributed by atoms with E-state index in [-0.39, 0.29) is 36.8 Å². The topological polar surface area (TPSA) is 119 Å². The second-order valence-corrected chi connectivity index (χ2v) is 10.6.